The number of aromatic nitrogens is 5. The van der Waals surface area contributed by atoms with Crippen molar-refractivity contribution in [2.45, 2.75) is 13.8 Å². The molecule has 0 aliphatic carbocycles. The second-order valence-corrected chi connectivity index (χ2v) is 6.14. The molecule has 1 amide bonds. The summed E-state index contributed by atoms with van der Waals surface area (Å²) in [7, 11) is 3.34. The van der Waals surface area contributed by atoms with Gasteiger partial charge in [0.2, 0.25) is 5.13 Å². The molecule has 124 valence electrons. The van der Waals surface area contributed by atoms with E-state index in [1.54, 1.807) is 10.9 Å². The van der Waals surface area contributed by atoms with Crippen molar-refractivity contribution in [3.05, 3.63) is 35.3 Å². The molecule has 8 nitrogen and oxygen atoms in total. The number of pyridine rings is 1. The van der Waals surface area contributed by atoms with Gasteiger partial charge in [-0.05, 0) is 37.3 Å². The van der Waals surface area contributed by atoms with E-state index in [1.807, 2.05) is 33.0 Å². The Kier molecular flexibility index (Phi) is 4.26. The standard InChI is InChI=1S/C15H16N6O2S/c1-8-5-10(12-6-9(2)20-21(12)3)11(7-16-8)13(22)17-14-18-19-15(23-4)24-14/h5-7H,1-4H3,(H,17,18,22). The van der Waals surface area contributed by atoms with Gasteiger partial charge in [0.15, 0.2) is 0 Å². The van der Waals surface area contributed by atoms with Crippen LogP contribution in [0, 0.1) is 13.8 Å². The van der Waals surface area contributed by atoms with Crippen LogP contribution < -0.4 is 10.1 Å². The van der Waals surface area contributed by atoms with Gasteiger partial charge in [0.25, 0.3) is 11.1 Å². The number of nitrogens with zero attached hydrogens (tertiary/aromatic N) is 5. The normalized spacial score (nSPS) is 10.7. The molecule has 0 radical (unpaired) electrons. The first-order valence-corrected chi connectivity index (χ1v) is 7.96. The molecule has 0 aliphatic heterocycles. The number of aryl methyl sites for hydroxylation is 3. The lowest BCUT2D eigenvalue weighted by atomic mass is 10.0. The van der Waals surface area contributed by atoms with E-state index in [0.717, 1.165) is 34.0 Å². The summed E-state index contributed by atoms with van der Waals surface area (Å²) in [6.45, 7) is 3.79. The third kappa shape index (κ3) is 3.11. The molecule has 0 unspecified atom stereocenters. The number of anilines is 1. The van der Waals surface area contributed by atoms with Crippen molar-refractivity contribution in [3.8, 4) is 16.5 Å². The van der Waals surface area contributed by atoms with Crippen LogP contribution in [-0.4, -0.2) is 38.0 Å². The second-order valence-electron chi connectivity index (χ2n) is 5.20. The third-order valence-electron chi connectivity index (χ3n) is 3.36. The zero-order chi connectivity index (χ0) is 17.3. The smallest absolute Gasteiger partial charge is 0.295 e. The highest BCUT2D eigenvalue weighted by molar-refractivity contribution is 7.17. The Balaban J connectivity index is 1.98. The van der Waals surface area contributed by atoms with Crippen molar-refractivity contribution in [2.75, 3.05) is 12.4 Å². The van der Waals surface area contributed by atoms with Crippen LogP contribution in [0.5, 0.6) is 5.19 Å². The first-order valence-electron chi connectivity index (χ1n) is 7.14. The molecule has 24 heavy (non-hydrogen) atoms. The Morgan fingerprint density at radius 2 is 2.04 bits per heavy atom. The van der Waals surface area contributed by atoms with Gasteiger partial charge in [-0.2, -0.15) is 5.10 Å². The maximum absolute atomic E-state index is 12.7. The first kappa shape index (κ1) is 16.1. The Morgan fingerprint density at radius 3 is 2.67 bits per heavy atom. The van der Waals surface area contributed by atoms with Gasteiger partial charge in [0.1, 0.15) is 0 Å². The molecule has 9 heteroatoms. The van der Waals surface area contributed by atoms with Crippen LogP contribution in [0.25, 0.3) is 11.3 Å². The summed E-state index contributed by atoms with van der Waals surface area (Å²) in [4.78, 5) is 16.9. The molecule has 3 aromatic heterocycles. The van der Waals surface area contributed by atoms with E-state index in [2.05, 4.69) is 25.6 Å². The molecular weight excluding hydrogens is 328 g/mol. The average Bonchev–Trinajstić information content (AvgIpc) is 3.12. The Labute approximate surface area is 142 Å². The summed E-state index contributed by atoms with van der Waals surface area (Å²) in [6, 6.07) is 3.80. The number of rotatable bonds is 4. The SMILES string of the molecule is COc1nnc(NC(=O)c2cnc(C)cc2-c2cc(C)nn2C)s1. The van der Waals surface area contributed by atoms with Crippen molar-refractivity contribution >= 4 is 22.4 Å². The fourth-order valence-electron chi connectivity index (χ4n) is 2.32. The highest BCUT2D eigenvalue weighted by atomic mass is 32.1. The van der Waals surface area contributed by atoms with E-state index in [1.165, 1.54) is 7.11 Å². The van der Waals surface area contributed by atoms with Gasteiger partial charge >= 0.3 is 0 Å². The first-order chi connectivity index (χ1) is 11.5. The number of hydrogen-bond acceptors (Lipinski definition) is 7. The van der Waals surface area contributed by atoms with Gasteiger partial charge in [-0.1, -0.05) is 5.10 Å². The predicted molar refractivity (Wildman–Crippen MR) is 90.3 cm³/mol. The van der Waals surface area contributed by atoms with Crippen molar-refractivity contribution < 1.29 is 9.53 Å². The predicted octanol–water partition coefficient (Wildman–Crippen LogP) is 2.21. The van der Waals surface area contributed by atoms with Crippen LogP contribution in [0.2, 0.25) is 0 Å². The molecule has 0 fully saturated rings. The molecule has 1 N–H and O–H groups in total. The van der Waals surface area contributed by atoms with Crippen LogP contribution in [0.15, 0.2) is 18.3 Å². The summed E-state index contributed by atoms with van der Waals surface area (Å²) in [5.74, 6) is -0.310. The molecule has 0 atom stereocenters. The van der Waals surface area contributed by atoms with E-state index in [9.17, 15) is 4.79 Å². The molecule has 0 bridgehead atoms. The highest BCUT2D eigenvalue weighted by Crippen LogP contribution is 2.27. The minimum absolute atomic E-state index is 0.310. The second kappa shape index (κ2) is 6.36. The van der Waals surface area contributed by atoms with E-state index >= 15 is 0 Å². The summed E-state index contributed by atoms with van der Waals surface area (Å²) in [6.07, 6.45) is 1.56. The van der Waals surface area contributed by atoms with Crippen molar-refractivity contribution in [2.24, 2.45) is 7.05 Å². The van der Waals surface area contributed by atoms with Gasteiger partial charge in [-0.25, -0.2) is 0 Å². The number of amides is 1. The molecule has 0 spiro atoms. The molecule has 3 heterocycles. The summed E-state index contributed by atoms with van der Waals surface area (Å²) >= 11 is 1.15. The quantitative estimate of drug-likeness (QED) is 0.780. The zero-order valence-corrected chi connectivity index (χ0v) is 14.5. The zero-order valence-electron chi connectivity index (χ0n) is 13.7. The van der Waals surface area contributed by atoms with E-state index in [0.29, 0.717) is 15.9 Å². The van der Waals surface area contributed by atoms with Gasteiger partial charge < -0.3 is 4.74 Å². The number of ether oxygens (including phenoxy) is 1. The van der Waals surface area contributed by atoms with Crippen LogP contribution in [0.1, 0.15) is 21.7 Å². The monoisotopic (exact) mass is 344 g/mol. The lowest BCUT2D eigenvalue weighted by molar-refractivity contribution is 0.102. The van der Waals surface area contributed by atoms with Gasteiger partial charge in [-0.15, -0.1) is 5.10 Å². The Morgan fingerprint density at radius 1 is 1.25 bits per heavy atom. The van der Waals surface area contributed by atoms with E-state index in [4.69, 9.17) is 4.74 Å². The van der Waals surface area contributed by atoms with Crippen LogP contribution in [-0.2, 0) is 7.05 Å². The molecule has 3 rings (SSSR count). The minimum Gasteiger partial charge on any atom is -0.472 e. The van der Waals surface area contributed by atoms with Gasteiger partial charge in [0, 0.05) is 24.5 Å². The summed E-state index contributed by atoms with van der Waals surface area (Å²) in [5.41, 5.74) is 3.75. The van der Waals surface area contributed by atoms with E-state index in [-0.39, 0.29) is 5.91 Å². The fraction of sp³-hybridized carbons (Fsp3) is 0.267. The number of nitrogens with one attached hydrogen (secondary N) is 1. The lowest BCUT2D eigenvalue weighted by Gasteiger charge is -2.09. The Hall–Kier alpha value is -2.81. The van der Waals surface area contributed by atoms with Crippen LogP contribution >= 0.6 is 11.3 Å². The Bertz CT molecular complexity index is 901. The van der Waals surface area contributed by atoms with Crippen LogP contribution in [0.3, 0.4) is 0 Å². The topological polar surface area (TPSA) is 94.8 Å². The highest BCUT2D eigenvalue weighted by Gasteiger charge is 2.18. The van der Waals surface area contributed by atoms with Crippen molar-refractivity contribution in [1.29, 1.82) is 0 Å². The van der Waals surface area contributed by atoms with Crippen molar-refractivity contribution in [1.82, 2.24) is 25.0 Å². The average molecular weight is 344 g/mol. The lowest BCUT2D eigenvalue weighted by Crippen LogP contribution is -2.14. The molecule has 0 saturated heterocycles. The molecular formula is C15H16N6O2S. The summed E-state index contributed by atoms with van der Waals surface area (Å²) in [5, 5.41) is 15.5. The number of carbonyl (C=O) groups is 1. The molecule has 0 aromatic carbocycles. The number of methoxy groups -OCH3 is 1. The number of hydrogen-bond donors (Lipinski definition) is 1. The molecule has 0 saturated carbocycles. The van der Waals surface area contributed by atoms with Crippen LogP contribution in [0.4, 0.5) is 5.13 Å². The van der Waals surface area contributed by atoms with Gasteiger partial charge in [0.05, 0.1) is 24.1 Å². The third-order valence-corrected chi connectivity index (χ3v) is 4.16. The minimum atomic E-state index is -0.310. The maximum Gasteiger partial charge on any atom is 0.295 e. The maximum atomic E-state index is 12.7. The van der Waals surface area contributed by atoms with Gasteiger partial charge in [-0.3, -0.25) is 19.8 Å². The van der Waals surface area contributed by atoms with Crippen molar-refractivity contribution in [3.63, 3.8) is 0 Å². The number of carbonyl (C=O) groups excluding carboxylic acids is 1. The van der Waals surface area contributed by atoms with E-state index < -0.39 is 0 Å². The fourth-order valence-corrected chi connectivity index (χ4v) is 2.88. The molecule has 0 aliphatic rings. The molecule has 3 aromatic rings. The largest absolute Gasteiger partial charge is 0.472 e. The summed E-state index contributed by atoms with van der Waals surface area (Å²) < 4.78 is 6.72.